The monoisotopic (exact) mass is 480 g/mol. The van der Waals surface area contributed by atoms with Crippen molar-refractivity contribution in [1.29, 1.82) is 0 Å². The molecular weight excluding hydrogens is 455 g/mol. The summed E-state index contributed by atoms with van der Waals surface area (Å²) in [5.41, 5.74) is 0.417. The molecule has 0 bridgehead atoms. The Balaban J connectivity index is 1.61. The maximum atomic E-state index is 13.4. The van der Waals surface area contributed by atoms with Gasteiger partial charge in [-0.05, 0) is 70.5 Å². The Hall–Kier alpha value is -1.44. The van der Waals surface area contributed by atoms with E-state index >= 15 is 0 Å². The number of hydrogen-bond donors (Lipinski definition) is 0. The van der Waals surface area contributed by atoms with Crippen molar-refractivity contribution in [3.8, 4) is 0 Å². The van der Waals surface area contributed by atoms with Gasteiger partial charge in [0.2, 0.25) is 11.8 Å². The van der Waals surface area contributed by atoms with E-state index in [9.17, 15) is 14.4 Å². The maximum Gasteiger partial charge on any atom is 0.257 e. The van der Waals surface area contributed by atoms with Crippen LogP contribution in [0.1, 0.15) is 47.0 Å². The first-order valence-electron chi connectivity index (χ1n) is 9.52. The zero-order valence-corrected chi connectivity index (χ0v) is 18.3. The van der Waals surface area contributed by atoms with Crippen molar-refractivity contribution in [2.45, 2.75) is 59.0 Å². The van der Waals surface area contributed by atoms with E-state index in [4.69, 9.17) is 0 Å². The van der Waals surface area contributed by atoms with Crippen LogP contribution in [0.25, 0.3) is 0 Å². The number of carbonyl (C=O) groups excluding carboxylic acids is 3. The number of hydrogen-bond acceptors (Lipinski definition) is 3. The number of benzene rings is 1. The predicted molar refractivity (Wildman–Crippen MR) is 111 cm³/mol. The highest BCUT2D eigenvalue weighted by Crippen LogP contribution is 2.69. The molecule has 1 aromatic rings. The zero-order valence-electron chi connectivity index (χ0n) is 16.2. The molecule has 144 valence electrons. The molecule has 5 nitrogen and oxygen atoms in total. The molecule has 1 saturated heterocycles. The minimum absolute atomic E-state index is 0.0445. The summed E-state index contributed by atoms with van der Waals surface area (Å²) in [6, 6.07) is 6.77. The highest BCUT2D eigenvalue weighted by molar-refractivity contribution is 14.1. The molecule has 1 aliphatic heterocycles. The Morgan fingerprint density at radius 1 is 1.07 bits per heavy atom. The fourth-order valence-corrected chi connectivity index (χ4v) is 4.96. The van der Waals surface area contributed by atoms with Crippen LogP contribution in [0.2, 0.25) is 0 Å². The average Bonchev–Trinajstić information content (AvgIpc) is 3.43. The molecule has 6 heteroatoms. The van der Waals surface area contributed by atoms with Crippen molar-refractivity contribution >= 4 is 46.0 Å². The highest BCUT2D eigenvalue weighted by atomic mass is 127. The number of carbonyl (C=O) groups is 3. The first-order valence-corrected chi connectivity index (χ1v) is 10.6. The fraction of sp³-hybridized carbons (Fsp3) is 0.571. The van der Waals surface area contributed by atoms with E-state index in [1.54, 1.807) is 17.0 Å². The molecule has 0 N–H and O–H groups in total. The third-order valence-electron chi connectivity index (χ3n) is 7.01. The zero-order chi connectivity index (χ0) is 19.7. The molecule has 3 amide bonds. The van der Waals surface area contributed by atoms with Gasteiger partial charge in [0, 0.05) is 15.5 Å². The van der Waals surface area contributed by atoms with Crippen LogP contribution in [0.4, 0.5) is 5.69 Å². The van der Waals surface area contributed by atoms with E-state index < -0.39 is 6.04 Å². The van der Waals surface area contributed by atoms with E-state index in [1.807, 2.05) is 12.1 Å². The molecule has 0 spiro atoms. The molecule has 4 rings (SSSR count). The molecule has 1 unspecified atom stereocenters. The van der Waals surface area contributed by atoms with Gasteiger partial charge in [-0.25, -0.2) is 4.90 Å². The van der Waals surface area contributed by atoms with Crippen LogP contribution in [-0.4, -0.2) is 34.7 Å². The van der Waals surface area contributed by atoms with Gasteiger partial charge in [-0.3, -0.25) is 14.4 Å². The molecule has 1 aromatic carbocycles. The van der Waals surface area contributed by atoms with E-state index in [-0.39, 0.29) is 46.9 Å². The highest BCUT2D eigenvalue weighted by Gasteiger charge is 2.70. The second-order valence-electron chi connectivity index (χ2n) is 9.12. The Labute approximate surface area is 173 Å². The lowest BCUT2D eigenvalue weighted by molar-refractivity contribution is -0.141. The third kappa shape index (κ3) is 2.82. The van der Waals surface area contributed by atoms with Crippen molar-refractivity contribution in [2.75, 3.05) is 4.90 Å². The number of anilines is 1. The standard InChI is InChI=1S/C21H25IN2O3/c1-20(2)17(21(20,3)4)19(27)23(13-9-10-13)15-11-16(25)24(18(15)26)14-7-5-12(22)6-8-14/h5-8,13,15,17H,9-11H2,1-4H3. The van der Waals surface area contributed by atoms with E-state index in [0.29, 0.717) is 5.69 Å². The Bertz CT molecular complexity index is 812. The van der Waals surface area contributed by atoms with Crippen LogP contribution in [0.5, 0.6) is 0 Å². The first-order chi connectivity index (χ1) is 12.6. The van der Waals surface area contributed by atoms with Gasteiger partial charge in [-0.1, -0.05) is 27.7 Å². The molecule has 2 aliphatic carbocycles. The number of imide groups is 1. The lowest BCUT2D eigenvalue weighted by Gasteiger charge is -2.28. The summed E-state index contributed by atoms with van der Waals surface area (Å²) in [6.45, 7) is 8.45. The van der Waals surface area contributed by atoms with Gasteiger partial charge in [0.25, 0.3) is 5.91 Å². The maximum absolute atomic E-state index is 13.4. The average molecular weight is 480 g/mol. The molecule has 27 heavy (non-hydrogen) atoms. The van der Waals surface area contributed by atoms with Crippen molar-refractivity contribution < 1.29 is 14.4 Å². The lowest BCUT2D eigenvalue weighted by Crippen LogP contribution is -2.48. The normalized spacial score (nSPS) is 26.4. The minimum Gasteiger partial charge on any atom is -0.327 e. The summed E-state index contributed by atoms with van der Waals surface area (Å²) in [4.78, 5) is 42.2. The fourth-order valence-electron chi connectivity index (χ4n) is 4.60. The molecule has 0 aromatic heterocycles. The van der Waals surface area contributed by atoms with E-state index in [0.717, 1.165) is 16.4 Å². The second-order valence-corrected chi connectivity index (χ2v) is 10.4. The molecule has 3 aliphatic rings. The summed E-state index contributed by atoms with van der Waals surface area (Å²) in [7, 11) is 0. The van der Waals surface area contributed by atoms with Crippen LogP contribution in [0.15, 0.2) is 24.3 Å². The SMILES string of the molecule is CC1(C)C(C(=O)N(C2CC2)C2CC(=O)N(c3ccc(I)cc3)C2=O)C1(C)C. The van der Waals surface area contributed by atoms with Crippen LogP contribution < -0.4 is 4.90 Å². The van der Waals surface area contributed by atoms with Crippen LogP contribution in [0, 0.1) is 20.3 Å². The lowest BCUT2D eigenvalue weighted by atomic mass is 10.0. The molecule has 0 radical (unpaired) electrons. The number of nitrogens with zero attached hydrogens (tertiary/aromatic N) is 2. The topological polar surface area (TPSA) is 57.7 Å². The van der Waals surface area contributed by atoms with Crippen molar-refractivity contribution in [1.82, 2.24) is 4.90 Å². The quantitative estimate of drug-likeness (QED) is 0.489. The first kappa shape index (κ1) is 18.9. The molecule has 3 fully saturated rings. The molecule has 1 heterocycles. The second kappa shape index (κ2) is 6.03. The summed E-state index contributed by atoms with van der Waals surface area (Å²) in [5.74, 6) is -0.541. The summed E-state index contributed by atoms with van der Waals surface area (Å²) < 4.78 is 1.04. The van der Waals surface area contributed by atoms with E-state index in [1.165, 1.54) is 4.90 Å². The van der Waals surface area contributed by atoms with Gasteiger partial charge in [0.05, 0.1) is 12.1 Å². The summed E-state index contributed by atoms with van der Waals surface area (Å²) >= 11 is 2.19. The summed E-state index contributed by atoms with van der Waals surface area (Å²) in [6.07, 6.45) is 1.92. The van der Waals surface area contributed by atoms with Crippen LogP contribution >= 0.6 is 22.6 Å². The van der Waals surface area contributed by atoms with Crippen molar-refractivity contribution in [2.24, 2.45) is 16.7 Å². The van der Waals surface area contributed by atoms with Crippen molar-refractivity contribution in [3.05, 3.63) is 27.8 Å². The van der Waals surface area contributed by atoms with Gasteiger partial charge in [0.1, 0.15) is 6.04 Å². The molecule has 2 saturated carbocycles. The number of amides is 3. The predicted octanol–water partition coefficient (Wildman–Crippen LogP) is 3.60. The number of rotatable bonds is 4. The molecule has 1 atom stereocenters. The van der Waals surface area contributed by atoms with Gasteiger partial charge in [-0.2, -0.15) is 0 Å². The Morgan fingerprint density at radius 3 is 2.11 bits per heavy atom. The van der Waals surface area contributed by atoms with Gasteiger partial charge in [0.15, 0.2) is 0 Å². The number of halogens is 1. The summed E-state index contributed by atoms with van der Waals surface area (Å²) in [5, 5.41) is 0. The van der Waals surface area contributed by atoms with Gasteiger partial charge < -0.3 is 4.90 Å². The smallest absolute Gasteiger partial charge is 0.257 e. The minimum atomic E-state index is -0.663. The van der Waals surface area contributed by atoms with Gasteiger partial charge in [-0.15, -0.1) is 0 Å². The van der Waals surface area contributed by atoms with E-state index in [2.05, 4.69) is 50.3 Å². The van der Waals surface area contributed by atoms with Crippen molar-refractivity contribution in [3.63, 3.8) is 0 Å². The van der Waals surface area contributed by atoms with Gasteiger partial charge >= 0.3 is 0 Å². The van der Waals surface area contributed by atoms with Crippen LogP contribution in [-0.2, 0) is 14.4 Å². The molecular formula is C21H25IN2O3. The Morgan fingerprint density at radius 2 is 1.63 bits per heavy atom. The largest absolute Gasteiger partial charge is 0.327 e. The Kier molecular flexibility index (Phi) is 4.22. The van der Waals surface area contributed by atoms with Crippen LogP contribution in [0.3, 0.4) is 0 Å². The third-order valence-corrected chi connectivity index (χ3v) is 7.73.